The van der Waals surface area contributed by atoms with Gasteiger partial charge < -0.3 is 14.2 Å². The summed E-state index contributed by atoms with van der Waals surface area (Å²) in [6, 6.07) is 0. The zero-order chi connectivity index (χ0) is 50.7. The average molecular weight is 980 g/mol. The van der Waals surface area contributed by atoms with E-state index in [1.165, 1.54) is 173 Å². The van der Waals surface area contributed by atoms with Crippen molar-refractivity contribution in [3.63, 3.8) is 0 Å². The molecule has 0 aliphatic rings. The maximum absolute atomic E-state index is 12.8. The summed E-state index contributed by atoms with van der Waals surface area (Å²) in [5.41, 5.74) is 0. The Labute approximate surface area is 434 Å². The molecule has 0 rings (SSSR count). The van der Waals surface area contributed by atoms with Crippen molar-refractivity contribution < 1.29 is 28.6 Å². The topological polar surface area (TPSA) is 78.9 Å². The van der Waals surface area contributed by atoms with Crippen molar-refractivity contribution in [1.82, 2.24) is 0 Å². The molecule has 0 radical (unpaired) electrons. The molecule has 0 heterocycles. The molecule has 70 heavy (non-hydrogen) atoms. The van der Waals surface area contributed by atoms with Crippen molar-refractivity contribution >= 4 is 17.9 Å². The number of esters is 3. The zero-order valence-corrected chi connectivity index (χ0v) is 46.5. The Kier molecular flexibility index (Phi) is 56.3. The van der Waals surface area contributed by atoms with Crippen LogP contribution >= 0.6 is 0 Å². The van der Waals surface area contributed by atoms with E-state index >= 15 is 0 Å². The van der Waals surface area contributed by atoms with Crippen molar-refractivity contribution in [2.24, 2.45) is 0 Å². The molecule has 0 saturated heterocycles. The fraction of sp³-hybridized carbons (Fsp3) is 0.797. The highest BCUT2D eigenvalue weighted by atomic mass is 16.6. The third kappa shape index (κ3) is 56.0. The number of ether oxygens (including phenoxy) is 3. The zero-order valence-electron chi connectivity index (χ0n) is 46.5. The minimum Gasteiger partial charge on any atom is -0.462 e. The van der Waals surface area contributed by atoms with Crippen molar-refractivity contribution in [1.29, 1.82) is 0 Å². The Morgan fingerprint density at radius 3 is 0.871 bits per heavy atom. The van der Waals surface area contributed by atoms with Gasteiger partial charge in [-0.25, -0.2) is 0 Å². The summed E-state index contributed by atoms with van der Waals surface area (Å²) in [5.74, 6) is -0.869. The minimum atomic E-state index is -0.766. The van der Waals surface area contributed by atoms with Gasteiger partial charge in [0.15, 0.2) is 6.10 Å². The average Bonchev–Trinajstić information content (AvgIpc) is 3.36. The molecule has 1 atom stereocenters. The van der Waals surface area contributed by atoms with E-state index < -0.39 is 6.10 Å². The van der Waals surface area contributed by atoms with E-state index in [-0.39, 0.29) is 31.1 Å². The molecule has 0 aliphatic carbocycles. The SMILES string of the molecule is CC/C=C\C/C=C\C/C=C\C/C=C\C/C=C\CCCCCCCCCCCCCCCCCC(=O)OCC(COC(=O)CCCCCCC)OC(=O)CCCCCCCCCCCCCCCCCC. The predicted octanol–water partition coefficient (Wildman–Crippen LogP) is 20.4. The number of hydrogen-bond acceptors (Lipinski definition) is 6. The molecule has 0 saturated carbocycles. The van der Waals surface area contributed by atoms with Gasteiger partial charge in [-0.05, 0) is 64.2 Å². The van der Waals surface area contributed by atoms with E-state index in [0.29, 0.717) is 19.3 Å². The third-order valence-corrected chi connectivity index (χ3v) is 13.3. The second-order valence-corrected chi connectivity index (χ2v) is 20.2. The van der Waals surface area contributed by atoms with Crippen LogP contribution in [-0.4, -0.2) is 37.2 Å². The molecule has 0 spiro atoms. The van der Waals surface area contributed by atoms with Crippen LogP contribution in [0.15, 0.2) is 60.8 Å². The lowest BCUT2D eigenvalue weighted by Crippen LogP contribution is -2.30. The van der Waals surface area contributed by atoms with Crippen LogP contribution in [-0.2, 0) is 28.6 Å². The number of hydrogen-bond donors (Lipinski definition) is 0. The predicted molar refractivity (Wildman–Crippen MR) is 302 cm³/mol. The molecule has 0 amide bonds. The number of carbonyl (C=O) groups is 3. The Balaban J connectivity index is 3.96. The number of carbonyl (C=O) groups excluding carboxylic acids is 3. The second kappa shape index (κ2) is 58.7. The standard InChI is InChI=1S/C64H114O6/c1-4-7-10-13-15-17-19-21-23-25-26-27-28-29-30-31-32-33-34-35-36-37-38-39-41-42-44-46-48-51-54-57-63(66)69-60-61(59-68-62(65)56-53-50-12-9-6-3)70-64(67)58-55-52-49-47-45-43-40-24-22-20-18-16-14-11-8-5-2/h7,10,15,17,21,23,26-27,29-30,61H,4-6,8-9,11-14,16,18-20,22,24-25,28,31-60H2,1-3H3/b10-7-,17-15-,23-21-,27-26-,30-29-. The summed E-state index contributed by atoms with van der Waals surface area (Å²) in [5, 5.41) is 0. The summed E-state index contributed by atoms with van der Waals surface area (Å²) < 4.78 is 16.7. The van der Waals surface area contributed by atoms with Gasteiger partial charge in [0.2, 0.25) is 0 Å². The molecule has 6 heteroatoms. The van der Waals surface area contributed by atoms with Crippen LogP contribution < -0.4 is 0 Å². The lowest BCUT2D eigenvalue weighted by atomic mass is 10.0. The van der Waals surface area contributed by atoms with Crippen LogP contribution in [0.3, 0.4) is 0 Å². The first-order valence-corrected chi connectivity index (χ1v) is 30.3. The molecule has 0 N–H and O–H groups in total. The molecule has 406 valence electrons. The maximum atomic E-state index is 12.8. The van der Waals surface area contributed by atoms with Gasteiger partial charge in [0.25, 0.3) is 0 Å². The monoisotopic (exact) mass is 979 g/mol. The van der Waals surface area contributed by atoms with Gasteiger partial charge in [-0.2, -0.15) is 0 Å². The minimum absolute atomic E-state index is 0.0697. The summed E-state index contributed by atoms with van der Waals surface area (Å²) in [6.07, 6.45) is 74.2. The molecular weight excluding hydrogens is 865 g/mol. The highest BCUT2D eigenvalue weighted by Crippen LogP contribution is 2.17. The van der Waals surface area contributed by atoms with Crippen LogP contribution in [0, 0.1) is 0 Å². The number of unbranched alkanes of at least 4 members (excludes halogenated alkanes) is 34. The lowest BCUT2D eigenvalue weighted by molar-refractivity contribution is -0.167. The van der Waals surface area contributed by atoms with Crippen molar-refractivity contribution in [3.05, 3.63) is 60.8 Å². The van der Waals surface area contributed by atoms with Crippen LogP contribution in [0.1, 0.15) is 310 Å². The quantitative estimate of drug-likeness (QED) is 0.0261. The largest absolute Gasteiger partial charge is 0.462 e. The molecular formula is C64H114O6. The molecule has 0 aromatic rings. The van der Waals surface area contributed by atoms with Gasteiger partial charge in [0, 0.05) is 19.3 Å². The van der Waals surface area contributed by atoms with Crippen molar-refractivity contribution in [2.45, 2.75) is 316 Å². The van der Waals surface area contributed by atoms with Gasteiger partial charge in [-0.1, -0.05) is 287 Å². The Morgan fingerprint density at radius 2 is 0.557 bits per heavy atom. The van der Waals surface area contributed by atoms with E-state index in [1.807, 2.05) is 0 Å². The number of allylic oxidation sites excluding steroid dienone is 10. The van der Waals surface area contributed by atoms with Crippen LogP contribution in [0.2, 0.25) is 0 Å². The van der Waals surface area contributed by atoms with Crippen LogP contribution in [0.5, 0.6) is 0 Å². The Morgan fingerprint density at radius 1 is 0.300 bits per heavy atom. The van der Waals surface area contributed by atoms with E-state index in [1.54, 1.807) is 0 Å². The summed E-state index contributed by atoms with van der Waals surface area (Å²) >= 11 is 0. The third-order valence-electron chi connectivity index (χ3n) is 13.3. The molecule has 0 aromatic heterocycles. The molecule has 0 fully saturated rings. The first-order chi connectivity index (χ1) is 34.5. The van der Waals surface area contributed by atoms with Crippen molar-refractivity contribution in [2.75, 3.05) is 13.2 Å². The Bertz CT molecular complexity index is 1260. The van der Waals surface area contributed by atoms with Crippen LogP contribution in [0.25, 0.3) is 0 Å². The fourth-order valence-electron chi connectivity index (χ4n) is 8.77. The first-order valence-electron chi connectivity index (χ1n) is 30.3. The first kappa shape index (κ1) is 67.1. The summed E-state index contributed by atoms with van der Waals surface area (Å²) in [4.78, 5) is 37.8. The number of rotatable bonds is 55. The van der Waals surface area contributed by atoms with Crippen LogP contribution in [0.4, 0.5) is 0 Å². The smallest absolute Gasteiger partial charge is 0.306 e. The van der Waals surface area contributed by atoms with Gasteiger partial charge in [-0.15, -0.1) is 0 Å². The molecule has 1 unspecified atom stereocenters. The highest BCUT2D eigenvalue weighted by molar-refractivity contribution is 5.71. The lowest BCUT2D eigenvalue weighted by Gasteiger charge is -2.18. The Hall–Kier alpha value is -2.89. The van der Waals surface area contributed by atoms with Gasteiger partial charge in [0.05, 0.1) is 0 Å². The van der Waals surface area contributed by atoms with E-state index in [9.17, 15) is 14.4 Å². The fourth-order valence-corrected chi connectivity index (χ4v) is 8.77. The van der Waals surface area contributed by atoms with Gasteiger partial charge in [0.1, 0.15) is 13.2 Å². The van der Waals surface area contributed by atoms with E-state index in [2.05, 4.69) is 81.5 Å². The normalized spacial score (nSPS) is 12.4. The van der Waals surface area contributed by atoms with E-state index in [4.69, 9.17) is 14.2 Å². The van der Waals surface area contributed by atoms with E-state index in [0.717, 1.165) is 96.3 Å². The molecule has 0 bridgehead atoms. The molecule has 6 nitrogen and oxygen atoms in total. The highest BCUT2D eigenvalue weighted by Gasteiger charge is 2.19. The van der Waals surface area contributed by atoms with Crippen molar-refractivity contribution in [3.8, 4) is 0 Å². The van der Waals surface area contributed by atoms with Gasteiger partial charge in [-0.3, -0.25) is 14.4 Å². The molecule has 0 aromatic carbocycles. The summed E-state index contributed by atoms with van der Waals surface area (Å²) in [7, 11) is 0. The molecule has 0 aliphatic heterocycles. The second-order valence-electron chi connectivity index (χ2n) is 20.2. The van der Waals surface area contributed by atoms with Gasteiger partial charge >= 0.3 is 17.9 Å². The maximum Gasteiger partial charge on any atom is 0.306 e. The summed E-state index contributed by atoms with van der Waals surface area (Å²) in [6.45, 7) is 6.48.